The topological polar surface area (TPSA) is 13.0 Å². The van der Waals surface area contributed by atoms with Crippen LogP contribution in [0.15, 0.2) is 315 Å². The molecule has 0 fully saturated rings. The van der Waals surface area contributed by atoms with E-state index >= 15 is 0 Å². The van der Waals surface area contributed by atoms with Crippen LogP contribution in [-0.2, 0) is 0 Å². The Kier molecular flexibility index (Phi) is 11.8. The van der Waals surface area contributed by atoms with Crippen LogP contribution < -0.4 is 19.6 Å². The Hall–Kier alpha value is -10.4. The normalized spacial score (nSPS) is 11.3. The average Bonchev–Trinajstić information content (AvgIpc) is 3.63. The summed E-state index contributed by atoms with van der Waals surface area (Å²) >= 11 is 0. The molecule has 0 saturated heterocycles. The summed E-state index contributed by atoms with van der Waals surface area (Å²) in [5, 5.41) is 11.7. The molecular weight excluding hydrogens is 945 g/mol. The molecule has 0 aromatic heterocycles. The molecule has 0 saturated carbocycles. The Morgan fingerprint density at radius 1 is 0.128 bits per heavy atom. The minimum atomic E-state index is 1.05. The summed E-state index contributed by atoms with van der Waals surface area (Å²) in [4.78, 5) is 9.64. The molecule has 0 N–H and O–H groups in total. The number of anilines is 12. The fourth-order valence-corrected chi connectivity index (χ4v) is 11.6. The summed E-state index contributed by atoms with van der Waals surface area (Å²) in [5.41, 5.74) is 13.0. The molecule has 0 bridgehead atoms. The molecule has 14 aromatic carbocycles. The van der Waals surface area contributed by atoms with Gasteiger partial charge in [-0.3, -0.25) is 0 Å². The van der Waals surface area contributed by atoms with Gasteiger partial charge in [-0.05, 0) is 131 Å². The van der Waals surface area contributed by atoms with E-state index in [1.165, 1.54) is 43.1 Å². The molecule has 14 aromatic rings. The SMILES string of the molecule is c1ccc(N(c2ccc(N(c3cccc4ccccc34)c3ccc(N(c4ccc(N(c5ccccc5)c5cccc6ccccc56)cc4)c4cccc5ccccc45)c4ccccc34)cc2)c2cccc3ccccc23)cc1. The summed E-state index contributed by atoms with van der Waals surface area (Å²) in [6, 6.07) is 114. The zero-order chi connectivity index (χ0) is 51.8. The zero-order valence-electron chi connectivity index (χ0n) is 42.8. The lowest BCUT2D eigenvalue weighted by atomic mass is 10.0. The van der Waals surface area contributed by atoms with Gasteiger partial charge in [0.25, 0.3) is 0 Å². The van der Waals surface area contributed by atoms with Gasteiger partial charge in [0.1, 0.15) is 0 Å². The van der Waals surface area contributed by atoms with Crippen LogP contribution in [0.3, 0.4) is 0 Å². The minimum Gasteiger partial charge on any atom is -0.310 e. The van der Waals surface area contributed by atoms with Crippen LogP contribution in [-0.4, -0.2) is 0 Å². The van der Waals surface area contributed by atoms with Gasteiger partial charge in [-0.15, -0.1) is 0 Å². The highest BCUT2D eigenvalue weighted by Crippen LogP contribution is 2.49. The van der Waals surface area contributed by atoms with Crippen molar-refractivity contribution in [1.82, 2.24) is 0 Å². The Morgan fingerprint density at radius 3 is 0.641 bits per heavy atom. The van der Waals surface area contributed by atoms with E-state index < -0.39 is 0 Å². The number of para-hydroxylation sites is 2. The summed E-state index contributed by atoms with van der Waals surface area (Å²) in [6.07, 6.45) is 0. The summed E-state index contributed by atoms with van der Waals surface area (Å²) in [5.74, 6) is 0. The number of rotatable bonds is 12. The zero-order valence-corrected chi connectivity index (χ0v) is 42.8. The number of nitrogens with zero attached hydrogens (tertiary/aromatic N) is 4. The number of hydrogen-bond donors (Lipinski definition) is 0. The predicted octanol–water partition coefficient (Wildman–Crippen LogP) is 21.3. The van der Waals surface area contributed by atoms with Gasteiger partial charge in [0.05, 0.1) is 34.1 Å². The quantitative estimate of drug-likeness (QED) is 0.121. The molecule has 4 nitrogen and oxygen atoms in total. The van der Waals surface area contributed by atoms with Crippen molar-refractivity contribution in [3.05, 3.63) is 315 Å². The Morgan fingerprint density at radius 2 is 0.333 bits per heavy atom. The van der Waals surface area contributed by atoms with Gasteiger partial charge in [0.2, 0.25) is 0 Å². The van der Waals surface area contributed by atoms with E-state index in [9.17, 15) is 0 Å². The molecule has 0 atom stereocenters. The first-order valence-corrected chi connectivity index (χ1v) is 26.7. The lowest BCUT2D eigenvalue weighted by Gasteiger charge is -2.32. The van der Waals surface area contributed by atoms with Crippen molar-refractivity contribution < 1.29 is 0 Å². The average molecular weight is 997 g/mol. The molecule has 0 unspecified atom stereocenters. The predicted molar refractivity (Wildman–Crippen MR) is 333 cm³/mol. The van der Waals surface area contributed by atoms with E-state index in [1.54, 1.807) is 0 Å². The molecule has 78 heavy (non-hydrogen) atoms. The van der Waals surface area contributed by atoms with Crippen molar-refractivity contribution in [2.45, 2.75) is 0 Å². The Bertz CT molecular complexity index is 4150. The van der Waals surface area contributed by atoms with Crippen molar-refractivity contribution in [3.8, 4) is 0 Å². The number of benzene rings is 14. The van der Waals surface area contributed by atoms with Gasteiger partial charge < -0.3 is 19.6 Å². The maximum atomic E-state index is 2.45. The van der Waals surface area contributed by atoms with Crippen LogP contribution in [0.25, 0.3) is 53.9 Å². The van der Waals surface area contributed by atoms with E-state index in [0.717, 1.165) is 79.0 Å². The summed E-state index contributed by atoms with van der Waals surface area (Å²) in [7, 11) is 0. The standard InChI is InChI=1S/C74H52N4/c1-3-29-57(30-4-1)75(69-39-17-25-53-21-7-11-33-63(53)69)59-43-47-61(48-44-59)77(71-41-19-27-55-23-9-13-35-65(55)71)73-51-52-74(68-38-16-15-37-67(68)73)78(72-42-20-28-56-24-10-14-36-66(56)72)62-49-45-60(46-50-62)76(58-31-5-2-6-32-58)70-40-18-26-54-22-8-12-34-64(54)70/h1-52H. The van der Waals surface area contributed by atoms with Gasteiger partial charge in [-0.2, -0.15) is 0 Å². The molecule has 14 rings (SSSR count). The van der Waals surface area contributed by atoms with E-state index in [0.29, 0.717) is 0 Å². The van der Waals surface area contributed by atoms with Crippen molar-refractivity contribution in [1.29, 1.82) is 0 Å². The van der Waals surface area contributed by atoms with Crippen molar-refractivity contribution in [2.75, 3.05) is 19.6 Å². The third-order valence-corrected chi connectivity index (χ3v) is 15.2. The first-order valence-electron chi connectivity index (χ1n) is 26.7. The highest BCUT2D eigenvalue weighted by molar-refractivity contribution is 6.12. The van der Waals surface area contributed by atoms with Crippen LogP contribution >= 0.6 is 0 Å². The molecule has 4 heteroatoms. The Labute approximate surface area is 454 Å². The lowest BCUT2D eigenvalue weighted by molar-refractivity contribution is 1.26. The van der Waals surface area contributed by atoms with Crippen molar-refractivity contribution in [3.63, 3.8) is 0 Å². The highest BCUT2D eigenvalue weighted by Gasteiger charge is 2.25. The maximum absolute atomic E-state index is 2.45. The van der Waals surface area contributed by atoms with Crippen molar-refractivity contribution in [2.24, 2.45) is 0 Å². The molecule has 0 amide bonds. The lowest BCUT2D eigenvalue weighted by Crippen LogP contribution is -2.15. The second-order valence-corrected chi connectivity index (χ2v) is 19.7. The van der Waals surface area contributed by atoms with Crippen LogP contribution in [0, 0.1) is 0 Å². The first-order chi connectivity index (χ1) is 38.7. The number of fused-ring (bicyclic) bond motifs is 5. The molecular formula is C74H52N4. The third-order valence-electron chi connectivity index (χ3n) is 15.2. The smallest absolute Gasteiger partial charge is 0.0541 e. The van der Waals surface area contributed by atoms with Gasteiger partial charge in [-0.1, -0.05) is 206 Å². The molecule has 0 aliphatic carbocycles. The van der Waals surface area contributed by atoms with E-state index in [1.807, 2.05) is 0 Å². The molecule has 0 heterocycles. The van der Waals surface area contributed by atoms with Gasteiger partial charge in [-0.25, -0.2) is 0 Å². The van der Waals surface area contributed by atoms with Crippen LogP contribution in [0.5, 0.6) is 0 Å². The highest BCUT2D eigenvalue weighted by atomic mass is 15.2. The second kappa shape index (κ2) is 20.0. The van der Waals surface area contributed by atoms with E-state index in [-0.39, 0.29) is 0 Å². The fraction of sp³-hybridized carbons (Fsp3) is 0. The van der Waals surface area contributed by atoms with Crippen molar-refractivity contribution >= 4 is 122 Å². The molecule has 0 aliphatic heterocycles. The number of hydrogen-bond acceptors (Lipinski definition) is 4. The molecule has 0 radical (unpaired) electrons. The fourth-order valence-electron chi connectivity index (χ4n) is 11.6. The molecule has 0 spiro atoms. The van der Waals surface area contributed by atoms with Crippen LogP contribution in [0.1, 0.15) is 0 Å². The van der Waals surface area contributed by atoms with Crippen LogP contribution in [0.4, 0.5) is 68.2 Å². The minimum absolute atomic E-state index is 1.05. The maximum Gasteiger partial charge on any atom is 0.0541 e. The van der Waals surface area contributed by atoms with Crippen LogP contribution in [0.2, 0.25) is 0 Å². The second-order valence-electron chi connectivity index (χ2n) is 19.7. The monoisotopic (exact) mass is 996 g/mol. The third kappa shape index (κ3) is 8.30. The first kappa shape index (κ1) is 46.1. The largest absolute Gasteiger partial charge is 0.310 e. The summed E-state index contributed by atoms with van der Waals surface area (Å²) < 4.78 is 0. The Balaban J connectivity index is 0.939. The van der Waals surface area contributed by atoms with E-state index in [4.69, 9.17) is 0 Å². The molecule has 0 aliphatic rings. The van der Waals surface area contributed by atoms with E-state index in [2.05, 4.69) is 335 Å². The van der Waals surface area contributed by atoms with Gasteiger partial charge in [0, 0.05) is 66.4 Å². The molecule has 368 valence electrons. The van der Waals surface area contributed by atoms with Gasteiger partial charge >= 0.3 is 0 Å². The summed E-state index contributed by atoms with van der Waals surface area (Å²) in [6.45, 7) is 0. The van der Waals surface area contributed by atoms with Gasteiger partial charge in [0.15, 0.2) is 0 Å².